The zero-order chi connectivity index (χ0) is 12.3. The van der Waals surface area contributed by atoms with Crippen molar-refractivity contribution < 1.29 is 4.42 Å². The zero-order valence-corrected chi connectivity index (χ0v) is 9.08. The van der Waals surface area contributed by atoms with Gasteiger partial charge in [-0.3, -0.25) is 0 Å². The highest BCUT2D eigenvalue weighted by Crippen LogP contribution is 2.09. The van der Waals surface area contributed by atoms with Crippen LogP contribution in [0.1, 0.15) is 30.1 Å². The minimum Gasteiger partial charge on any atom is -0.423 e. The minimum atomic E-state index is 0.0998. The number of nitriles is 2. The second-order valence-corrected chi connectivity index (χ2v) is 3.24. The van der Waals surface area contributed by atoms with Gasteiger partial charge in [0.2, 0.25) is 11.8 Å². The Kier molecular flexibility index (Phi) is 2.84. The van der Waals surface area contributed by atoms with Gasteiger partial charge in [0, 0.05) is 6.42 Å². The molecule has 2 aromatic rings. The second kappa shape index (κ2) is 4.45. The molecule has 2 heterocycles. The summed E-state index contributed by atoms with van der Waals surface area (Å²) >= 11 is 0. The lowest BCUT2D eigenvalue weighted by molar-refractivity contribution is 0.441. The fraction of sp³-hybridized carbons (Fsp3) is 0.300. The van der Waals surface area contributed by atoms with E-state index in [1.807, 2.05) is 19.1 Å². The lowest BCUT2D eigenvalue weighted by Gasteiger charge is -1.97. The van der Waals surface area contributed by atoms with E-state index < -0.39 is 0 Å². The summed E-state index contributed by atoms with van der Waals surface area (Å²) in [5.41, 5.74) is 0.298. The third-order valence-electron chi connectivity index (χ3n) is 2.17. The number of rotatable bonds is 3. The van der Waals surface area contributed by atoms with E-state index in [0.29, 0.717) is 18.2 Å². The smallest absolute Gasteiger partial charge is 0.236 e. The van der Waals surface area contributed by atoms with Crippen LogP contribution in [0.3, 0.4) is 0 Å². The van der Waals surface area contributed by atoms with Crippen LogP contribution in [0.5, 0.6) is 0 Å². The van der Waals surface area contributed by atoms with Crippen molar-refractivity contribution in [2.24, 2.45) is 0 Å². The van der Waals surface area contributed by atoms with Crippen LogP contribution in [-0.4, -0.2) is 19.7 Å². The van der Waals surface area contributed by atoms with Crippen LogP contribution < -0.4 is 0 Å². The number of imidazole rings is 1. The summed E-state index contributed by atoms with van der Waals surface area (Å²) in [7, 11) is 0. The molecular formula is C10H8N6O. The molecule has 0 bridgehead atoms. The maximum atomic E-state index is 8.92. The van der Waals surface area contributed by atoms with Crippen LogP contribution in [0.2, 0.25) is 0 Å². The van der Waals surface area contributed by atoms with Crippen molar-refractivity contribution in [1.29, 1.82) is 10.5 Å². The molecule has 0 aliphatic carbocycles. The molecule has 17 heavy (non-hydrogen) atoms. The molecule has 0 unspecified atom stereocenters. The predicted molar refractivity (Wildman–Crippen MR) is 54.4 cm³/mol. The SMILES string of the molecule is CCc1nnc(Cn2cnc(C#N)c2C#N)o1. The van der Waals surface area contributed by atoms with E-state index in [-0.39, 0.29) is 17.9 Å². The molecule has 2 rings (SSSR count). The molecule has 0 saturated heterocycles. The number of aryl methyl sites for hydroxylation is 1. The van der Waals surface area contributed by atoms with E-state index in [2.05, 4.69) is 15.2 Å². The first kappa shape index (κ1) is 10.8. The number of hydrogen-bond donors (Lipinski definition) is 0. The van der Waals surface area contributed by atoms with E-state index in [1.54, 1.807) is 0 Å². The van der Waals surface area contributed by atoms with E-state index in [9.17, 15) is 0 Å². The van der Waals surface area contributed by atoms with Crippen molar-refractivity contribution >= 4 is 0 Å². The summed E-state index contributed by atoms with van der Waals surface area (Å²) in [6.45, 7) is 2.15. The van der Waals surface area contributed by atoms with Gasteiger partial charge >= 0.3 is 0 Å². The average molecular weight is 228 g/mol. The summed E-state index contributed by atoms with van der Waals surface area (Å²) in [6, 6.07) is 3.77. The predicted octanol–water partition coefficient (Wildman–Crippen LogP) is 0.620. The van der Waals surface area contributed by atoms with E-state index in [0.717, 1.165) is 0 Å². The van der Waals surface area contributed by atoms with Crippen LogP contribution in [-0.2, 0) is 13.0 Å². The van der Waals surface area contributed by atoms with Crippen LogP contribution in [0, 0.1) is 22.7 Å². The van der Waals surface area contributed by atoms with E-state index >= 15 is 0 Å². The molecule has 2 aromatic heterocycles. The Morgan fingerprint density at radius 1 is 1.29 bits per heavy atom. The first-order valence-electron chi connectivity index (χ1n) is 4.95. The minimum absolute atomic E-state index is 0.0998. The van der Waals surface area contributed by atoms with E-state index in [4.69, 9.17) is 14.9 Å². The molecule has 0 atom stereocenters. The van der Waals surface area contributed by atoms with Gasteiger partial charge < -0.3 is 8.98 Å². The number of nitrogens with zero attached hydrogens (tertiary/aromatic N) is 6. The number of aromatic nitrogens is 4. The molecule has 0 aliphatic heterocycles. The van der Waals surface area contributed by atoms with Gasteiger partial charge in [-0.1, -0.05) is 6.92 Å². The van der Waals surface area contributed by atoms with Crippen molar-refractivity contribution in [3.63, 3.8) is 0 Å². The van der Waals surface area contributed by atoms with Crippen LogP contribution in [0.25, 0.3) is 0 Å². The maximum absolute atomic E-state index is 8.92. The normalized spacial score (nSPS) is 9.82. The molecule has 0 radical (unpaired) electrons. The van der Waals surface area contributed by atoms with Crippen molar-refractivity contribution in [3.8, 4) is 12.1 Å². The number of hydrogen-bond acceptors (Lipinski definition) is 6. The Hall–Kier alpha value is -2.67. The van der Waals surface area contributed by atoms with Crippen molar-refractivity contribution in [1.82, 2.24) is 19.7 Å². The van der Waals surface area contributed by atoms with Gasteiger partial charge in [0.05, 0.1) is 6.33 Å². The van der Waals surface area contributed by atoms with Gasteiger partial charge in [-0.15, -0.1) is 10.2 Å². The molecule has 0 spiro atoms. The van der Waals surface area contributed by atoms with Crippen molar-refractivity contribution in [3.05, 3.63) is 29.5 Å². The molecule has 0 aromatic carbocycles. The Morgan fingerprint density at radius 3 is 2.65 bits per heavy atom. The molecule has 0 amide bonds. The summed E-state index contributed by atoms with van der Waals surface area (Å²) in [6.07, 6.45) is 2.07. The molecule has 0 fully saturated rings. The Bertz CT molecular complexity index is 612. The van der Waals surface area contributed by atoms with Gasteiger partial charge in [-0.05, 0) is 0 Å². The quantitative estimate of drug-likeness (QED) is 0.762. The first-order valence-corrected chi connectivity index (χ1v) is 4.95. The van der Waals surface area contributed by atoms with Crippen LogP contribution in [0.4, 0.5) is 0 Å². The van der Waals surface area contributed by atoms with Gasteiger partial charge in [0.1, 0.15) is 18.7 Å². The molecule has 0 N–H and O–H groups in total. The van der Waals surface area contributed by atoms with Gasteiger partial charge in [0.15, 0.2) is 11.4 Å². The monoisotopic (exact) mass is 228 g/mol. The van der Waals surface area contributed by atoms with Gasteiger partial charge in [-0.2, -0.15) is 10.5 Å². The lowest BCUT2D eigenvalue weighted by atomic mass is 10.3. The summed E-state index contributed by atoms with van der Waals surface area (Å²) in [5, 5.41) is 25.3. The molecule has 7 heteroatoms. The highest BCUT2D eigenvalue weighted by Gasteiger charge is 2.12. The molecular weight excluding hydrogens is 220 g/mol. The zero-order valence-electron chi connectivity index (χ0n) is 9.08. The molecule has 7 nitrogen and oxygen atoms in total. The second-order valence-electron chi connectivity index (χ2n) is 3.24. The Labute approximate surface area is 96.9 Å². The maximum Gasteiger partial charge on any atom is 0.236 e. The van der Waals surface area contributed by atoms with Gasteiger partial charge in [0.25, 0.3) is 0 Å². The molecule has 84 valence electrons. The highest BCUT2D eigenvalue weighted by atomic mass is 16.4. The van der Waals surface area contributed by atoms with Crippen molar-refractivity contribution in [2.75, 3.05) is 0 Å². The Morgan fingerprint density at radius 2 is 2.06 bits per heavy atom. The largest absolute Gasteiger partial charge is 0.423 e. The fourth-order valence-corrected chi connectivity index (χ4v) is 1.34. The average Bonchev–Trinajstić information content (AvgIpc) is 2.95. The summed E-state index contributed by atoms with van der Waals surface area (Å²) in [5.74, 6) is 0.930. The standard InChI is InChI=1S/C10H8N6O/c1-2-9-14-15-10(17-9)5-16-6-13-7(3-11)8(16)4-12/h6H,2,5H2,1H3. The fourth-order valence-electron chi connectivity index (χ4n) is 1.34. The molecule has 0 aliphatic rings. The van der Waals surface area contributed by atoms with Gasteiger partial charge in [-0.25, -0.2) is 4.98 Å². The Balaban J connectivity index is 2.28. The van der Waals surface area contributed by atoms with Crippen LogP contribution in [0.15, 0.2) is 10.7 Å². The third kappa shape index (κ3) is 1.99. The van der Waals surface area contributed by atoms with Crippen molar-refractivity contribution in [2.45, 2.75) is 19.9 Å². The lowest BCUT2D eigenvalue weighted by Crippen LogP contribution is -2.01. The topological polar surface area (TPSA) is 104 Å². The molecule has 0 saturated carbocycles. The summed E-state index contributed by atoms with van der Waals surface area (Å²) in [4.78, 5) is 3.82. The first-order chi connectivity index (χ1) is 8.28. The van der Waals surface area contributed by atoms with Crippen LogP contribution >= 0.6 is 0 Å². The summed E-state index contributed by atoms with van der Waals surface area (Å²) < 4.78 is 6.82. The highest BCUT2D eigenvalue weighted by molar-refractivity contribution is 5.36. The van der Waals surface area contributed by atoms with E-state index in [1.165, 1.54) is 10.9 Å². The third-order valence-corrected chi connectivity index (χ3v) is 2.17.